The summed E-state index contributed by atoms with van der Waals surface area (Å²) >= 11 is 0. The monoisotopic (exact) mass is 531 g/mol. The van der Waals surface area contributed by atoms with E-state index in [2.05, 4.69) is 20.3 Å². The number of fused-ring (bicyclic) bond motifs is 1. The molecule has 2 aromatic heterocycles. The molecule has 0 radical (unpaired) electrons. The van der Waals surface area contributed by atoms with Crippen molar-refractivity contribution in [2.45, 2.75) is 49.9 Å². The molecule has 4 heterocycles. The molecule has 2 atom stereocenters. The average Bonchev–Trinajstić information content (AvgIpc) is 3.16. The van der Waals surface area contributed by atoms with Crippen molar-refractivity contribution in [1.82, 2.24) is 34.6 Å². The van der Waals surface area contributed by atoms with Gasteiger partial charge in [0.25, 0.3) is 0 Å². The number of rotatable bonds is 4. The number of hydrogen-bond donors (Lipinski definition) is 2. The number of halogens is 3. The molecule has 1 aromatic carbocycles. The Labute approximate surface area is 215 Å². The van der Waals surface area contributed by atoms with Crippen LogP contribution in [-0.2, 0) is 4.79 Å². The Morgan fingerprint density at radius 3 is 2.45 bits per heavy atom. The number of H-pyrrole nitrogens is 1. The molecule has 2 N–H and O–H groups in total. The van der Waals surface area contributed by atoms with Crippen LogP contribution in [0.1, 0.15) is 43.2 Å². The van der Waals surface area contributed by atoms with Crippen LogP contribution in [0.5, 0.6) is 0 Å². The number of imidazole rings is 1. The van der Waals surface area contributed by atoms with E-state index in [4.69, 9.17) is 0 Å². The number of aromatic nitrogens is 4. The van der Waals surface area contributed by atoms with Crippen molar-refractivity contribution >= 4 is 23.2 Å². The van der Waals surface area contributed by atoms with Gasteiger partial charge >= 0.3 is 17.9 Å². The minimum atomic E-state index is -4.55. The Kier molecular flexibility index (Phi) is 7.09. The van der Waals surface area contributed by atoms with E-state index in [9.17, 15) is 27.6 Å². The molecule has 2 aliphatic heterocycles. The lowest BCUT2D eigenvalue weighted by molar-refractivity contribution is -0.162. The summed E-state index contributed by atoms with van der Waals surface area (Å²) in [5.74, 6) is -0.995. The second-order valence-electron chi connectivity index (χ2n) is 9.77. The summed E-state index contributed by atoms with van der Waals surface area (Å²) in [6.45, 7) is -0.803. The van der Waals surface area contributed by atoms with Crippen LogP contribution in [0.2, 0.25) is 0 Å². The maximum Gasteiger partial charge on any atom is 0.406 e. The third kappa shape index (κ3) is 5.50. The number of aromatic amines is 1. The molecular weight excluding hydrogens is 503 g/mol. The number of carbonyl (C=O) groups is 2. The third-order valence-corrected chi connectivity index (χ3v) is 7.26. The van der Waals surface area contributed by atoms with Crippen molar-refractivity contribution in [1.29, 1.82) is 0 Å². The predicted octanol–water partition coefficient (Wildman–Crippen LogP) is 2.80. The molecule has 202 valence electrons. The Hall–Kier alpha value is -3.90. The molecule has 3 amide bonds. The number of piperidine rings is 1. The summed E-state index contributed by atoms with van der Waals surface area (Å²) < 4.78 is 41.5. The number of benzene rings is 1. The van der Waals surface area contributed by atoms with Crippen LogP contribution in [0.3, 0.4) is 0 Å². The van der Waals surface area contributed by atoms with Gasteiger partial charge in [-0.25, -0.2) is 19.6 Å². The summed E-state index contributed by atoms with van der Waals surface area (Å²) in [7, 11) is 0. The minimum Gasteiger partial charge on any atom is -0.331 e. The Balaban J connectivity index is 1.25. The molecule has 2 unspecified atom stereocenters. The summed E-state index contributed by atoms with van der Waals surface area (Å²) in [6, 6.07) is 7.40. The van der Waals surface area contributed by atoms with Gasteiger partial charge in [0.1, 0.15) is 12.6 Å². The van der Waals surface area contributed by atoms with E-state index < -0.39 is 30.7 Å². The fraction of sp³-hybridized carbons (Fsp3) is 0.480. The first-order valence-corrected chi connectivity index (χ1v) is 12.6. The number of carbonyl (C=O) groups excluding carboxylic acids is 2. The summed E-state index contributed by atoms with van der Waals surface area (Å²) in [5, 5.41) is 2.69. The smallest absolute Gasteiger partial charge is 0.331 e. The number of hydrogen-bond acceptors (Lipinski definition) is 5. The molecule has 0 aliphatic carbocycles. The van der Waals surface area contributed by atoms with Gasteiger partial charge in [0.2, 0.25) is 5.91 Å². The maximum absolute atomic E-state index is 13.3. The highest BCUT2D eigenvalue weighted by Gasteiger charge is 2.40. The number of likely N-dealkylation sites (tertiary alicyclic amines) is 2. The van der Waals surface area contributed by atoms with Gasteiger partial charge < -0.3 is 15.1 Å². The molecular formula is C25H28F3N7O3. The molecule has 2 aliphatic rings. The first kappa shape index (κ1) is 25.7. The molecule has 5 rings (SSSR count). The molecule has 0 spiro atoms. The van der Waals surface area contributed by atoms with Gasteiger partial charge in [0, 0.05) is 44.0 Å². The lowest BCUT2D eigenvalue weighted by atomic mass is 9.93. The minimum absolute atomic E-state index is 0.0671. The van der Waals surface area contributed by atoms with Crippen molar-refractivity contribution in [3.05, 3.63) is 58.8 Å². The lowest BCUT2D eigenvalue weighted by Gasteiger charge is -2.33. The summed E-state index contributed by atoms with van der Waals surface area (Å²) in [5.41, 5.74) is 1.37. The highest BCUT2D eigenvalue weighted by atomic mass is 19.4. The Morgan fingerprint density at radius 1 is 1.03 bits per heavy atom. The Morgan fingerprint density at radius 2 is 1.74 bits per heavy atom. The standard InChI is InChI=1S/C25H28F3N7O3/c26-25(27,28)15-34-14-17(16-4-2-1-3-5-16)6-7-19(22(34)36)31-23(37)33-12-8-18(9-13-33)35-21-20(32-24(35)38)29-10-11-30-21/h1-5,10-11,17-19H,6-9,12-15H2,(H,31,37)(H,29,32,38). The normalized spacial score (nSPS) is 21.5. The van der Waals surface area contributed by atoms with Crippen LogP contribution in [-0.4, -0.2) is 79.7 Å². The van der Waals surface area contributed by atoms with Crippen LogP contribution >= 0.6 is 0 Å². The topological polar surface area (TPSA) is 116 Å². The molecule has 2 fully saturated rings. The van der Waals surface area contributed by atoms with Crippen LogP contribution in [0.25, 0.3) is 11.3 Å². The molecule has 3 aromatic rings. The molecule has 38 heavy (non-hydrogen) atoms. The lowest BCUT2D eigenvalue weighted by Crippen LogP contribution is -2.54. The van der Waals surface area contributed by atoms with Crippen molar-refractivity contribution in [2.24, 2.45) is 0 Å². The molecule has 10 nitrogen and oxygen atoms in total. The van der Waals surface area contributed by atoms with Gasteiger partial charge in [0.15, 0.2) is 11.3 Å². The zero-order valence-electron chi connectivity index (χ0n) is 20.5. The average molecular weight is 532 g/mol. The van der Waals surface area contributed by atoms with Gasteiger partial charge in [-0.2, -0.15) is 13.2 Å². The highest BCUT2D eigenvalue weighted by Crippen LogP contribution is 2.30. The fourth-order valence-corrected chi connectivity index (χ4v) is 5.41. The van der Waals surface area contributed by atoms with E-state index >= 15 is 0 Å². The third-order valence-electron chi connectivity index (χ3n) is 7.26. The van der Waals surface area contributed by atoms with Gasteiger partial charge in [-0.1, -0.05) is 30.3 Å². The number of alkyl halides is 3. The van der Waals surface area contributed by atoms with Crippen molar-refractivity contribution in [3.8, 4) is 0 Å². The Bertz CT molecular complexity index is 1350. The van der Waals surface area contributed by atoms with E-state index in [0.29, 0.717) is 43.6 Å². The summed E-state index contributed by atoms with van der Waals surface area (Å²) in [6.07, 6.45) is 0.0884. The number of amides is 3. The zero-order valence-corrected chi connectivity index (χ0v) is 20.5. The first-order valence-electron chi connectivity index (χ1n) is 12.6. The second-order valence-corrected chi connectivity index (χ2v) is 9.77. The van der Waals surface area contributed by atoms with E-state index in [1.54, 1.807) is 4.57 Å². The number of nitrogens with zero attached hydrogens (tertiary/aromatic N) is 5. The predicted molar refractivity (Wildman–Crippen MR) is 131 cm³/mol. The second kappa shape index (κ2) is 10.5. The van der Waals surface area contributed by atoms with Crippen LogP contribution in [0, 0.1) is 0 Å². The van der Waals surface area contributed by atoms with Crippen molar-refractivity contribution < 1.29 is 22.8 Å². The highest BCUT2D eigenvalue weighted by molar-refractivity contribution is 5.87. The molecule has 0 bridgehead atoms. The molecule has 13 heteroatoms. The van der Waals surface area contributed by atoms with Crippen LogP contribution in [0.4, 0.5) is 18.0 Å². The van der Waals surface area contributed by atoms with Gasteiger partial charge in [-0.3, -0.25) is 14.3 Å². The quantitative estimate of drug-likeness (QED) is 0.537. The maximum atomic E-state index is 13.3. The first-order chi connectivity index (χ1) is 18.2. The van der Waals surface area contributed by atoms with E-state index in [0.717, 1.165) is 10.5 Å². The van der Waals surface area contributed by atoms with Crippen LogP contribution < -0.4 is 11.0 Å². The van der Waals surface area contributed by atoms with Crippen LogP contribution in [0.15, 0.2) is 47.5 Å². The fourth-order valence-electron chi connectivity index (χ4n) is 5.41. The van der Waals surface area contributed by atoms with E-state index in [1.807, 2.05) is 30.3 Å². The largest absolute Gasteiger partial charge is 0.406 e. The molecule has 2 saturated heterocycles. The summed E-state index contributed by atoms with van der Waals surface area (Å²) in [4.78, 5) is 52.0. The van der Waals surface area contributed by atoms with E-state index in [-0.39, 0.29) is 30.6 Å². The number of nitrogens with one attached hydrogen (secondary N) is 2. The van der Waals surface area contributed by atoms with E-state index in [1.165, 1.54) is 17.3 Å². The SMILES string of the molecule is O=C(NC1CCC(c2ccccc2)CN(CC(F)(F)F)C1=O)N1CCC(n2c(=O)[nH]c3nccnc32)CC1. The zero-order chi connectivity index (χ0) is 26.9. The van der Waals surface area contributed by atoms with Crippen molar-refractivity contribution in [3.63, 3.8) is 0 Å². The van der Waals surface area contributed by atoms with Crippen molar-refractivity contribution in [2.75, 3.05) is 26.2 Å². The van der Waals surface area contributed by atoms with Gasteiger partial charge in [-0.05, 0) is 31.2 Å². The number of urea groups is 1. The molecule has 0 saturated carbocycles. The van der Waals surface area contributed by atoms with Gasteiger partial charge in [0.05, 0.1) is 0 Å². The van der Waals surface area contributed by atoms with Gasteiger partial charge in [-0.15, -0.1) is 0 Å².